The van der Waals surface area contributed by atoms with Crippen LogP contribution in [0.3, 0.4) is 0 Å². The third-order valence-corrected chi connectivity index (χ3v) is 3.32. The van der Waals surface area contributed by atoms with Crippen LogP contribution in [-0.4, -0.2) is 42.9 Å². The van der Waals surface area contributed by atoms with E-state index in [0.717, 1.165) is 13.2 Å². The van der Waals surface area contributed by atoms with Crippen LogP contribution in [-0.2, 0) is 14.3 Å². The Labute approximate surface area is 90.5 Å². The summed E-state index contributed by atoms with van der Waals surface area (Å²) in [5, 5.41) is 0. The third-order valence-electron chi connectivity index (χ3n) is 3.32. The molecule has 0 N–H and O–H groups in total. The summed E-state index contributed by atoms with van der Waals surface area (Å²) in [6, 6.07) is 0. The molecule has 86 valence electrons. The van der Waals surface area contributed by atoms with Gasteiger partial charge in [-0.15, -0.1) is 0 Å². The zero-order chi connectivity index (χ0) is 11.0. The fourth-order valence-corrected chi connectivity index (χ4v) is 2.34. The lowest BCUT2D eigenvalue weighted by atomic mass is 9.96. The highest BCUT2D eigenvalue weighted by molar-refractivity contribution is 5.73. The smallest absolute Gasteiger partial charge is 0.219 e. The number of amides is 1. The minimum atomic E-state index is -0.112. The van der Waals surface area contributed by atoms with Crippen LogP contribution in [0.25, 0.3) is 0 Å². The number of rotatable bonds is 0. The zero-order valence-electron chi connectivity index (χ0n) is 9.60. The molecule has 4 heteroatoms. The second-order valence-electron chi connectivity index (χ2n) is 4.71. The monoisotopic (exact) mass is 213 g/mol. The van der Waals surface area contributed by atoms with E-state index in [1.54, 1.807) is 6.92 Å². The number of carbonyl (C=O) groups is 1. The summed E-state index contributed by atoms with van der Waals surface area (Å²) in [4.78, 5) is 13.3. The summed E-state index contributed by atoms with van der Waals surface area (Å²) in [7, 11) is 0. The van der Waals surface area contributed by atoms with Crippen LogP contribution >= 0.6 is 0 Å². The molecule has 2 fully saturated rings. The lowest BCUT2D eigenvalue weighted by Gasteiger charge is -2.23. The van der Waals surface area contributed by atoms with Gasteiger partial charge in [-0.05, 0) is 12.8 Å². The molecular formula is C11H19NO3. The van der Waals surface area contributed by atoms with Crippen molar-refractivity contribution in [2.75, 3.05) is 19.7 Å². The first-order valence-electron chi connectivity index (χ1n) is 5.60. The summed E-state index contributed by atoms with van der Waals surface area (Å²) < 4.78 is 11.4. The van der Waals surface area contributed by atoms with Crippen molar-refractivity contribution in [3.8, 4) is 0 Å². The Balaban J connectivity index is 2.11. The van der Waals surface area contributed by atoms with Gasteiger partial charge in [0.2, 0.25) is 5.91 Å². The van der Waals surface area contributed by atoms with E-state index in [4.69, 9.17) is 9.47 Å². The number of carbonyl (C=O) groups excluding carboxylic acids is 1. The van der Waals surface area contributed by atoms with Crippen molar-refractivity contribution >= 4 is 5.91 Å². The molecule has 0 saturated carbocycles. The Morgan fingerprint density at radius 2 is 2.07 bits per heavy atom. The maximum absolute atomic E-state index is 11.4. The largest absolute Gasteiger partial charge is 0.352 e. The molecule has 0 bridgehead atoms. The van der Waals surface area contributed by atoms with E-state index in [1.807, 2.05) is 11.8 Å². The molecule has 15 heavy (non-hydrogen) atoms. The summed E-state index contributed by atoms with van der Waals surface area (Å²) in [6.45, 7) is 7.96. The van der Waals surface area contributed by atoms with Gasteiger partial charge in [0, 0.05) is 25.9 Å². The maximum atomic E-state index is 11.4. The fraction of sp³-hybridized carbons (Fsp3) is 0.909. The SMILES string of the molecule is CC(=O)N1CC(C)OC2OCC(C)C2C1. The number of hydrogen-bond donors (Lipinski definition) is 0. The molecule has 2 saturated heterocycles. The molecule has 1 amide bonds. The normalized spacial score (nSPS) is 41.1. The van der Waals surface area contributed by atoms with Gasteiger partial charge in [0.15, 0.2) is 6.29 Å². The number of fused-ring (bicyclic) bond motifs is 1. The van der Waals surface area contributed by atoms with Gasteiger partial charge in [0.1, 0.15) is 0 Å². The van der Waals surface area contributed by atoms with E-state index in [9.17, 15) is 4.79 Å². The lowest BCUT2D eigenvalue weighted by molar-refractivity contribution is -0.147. The molecule has 0 aromatic rings. The van der Waals surface area contributed by atoms with Crippen LogP contribution in [0, 0.1) is 11.8 Å². The second kappa shape index (κ2) is 4.10. The Hall–Kier alpha value is -0.610. The van der Waals surface area contributed by atoms with Gasteiger partial charge in [0.05, 0.1) is 12.7 Å². The number of hydrogen-bond acceptors (Lipinski definition) is 3. The maximum Gasteiger partial charge on any atom is 0.219 e. The van der Waals surface area contributed by atoms with Gasteiger partial charge in [-0.2, -0.15) is 0 Å². The van der Waals surface area contributed by atoms with Crippen molar-refractivity contribution < 1.29 is 14.3 Å². The second-order valence-corrected chi connectivity index (χ2v) is 4.71. The summed E-state index contributed by atoms with van der Waals surface area (Å²) in [5.74, 6) is 0.936. The number of nitrogens with zero attached hydrogens (tertiary/aromatic N) is 1. The minimum Gasteiger partial charge on any atom is -0.352 e. The molecule has 0 spiro atoms. The average molecular weight is 213 g/mol. The van der Waals surface area contributed by atoms with Gasteiger partial charge in [-0.25, -0.2) is 0 Å². The first-order valence-corrected chi connectivity index (χ1v) is 5.60. The van der Waals surface area contributed by atoms with Crippen molar-refractivity contribution in [3.63, 3.8) is 0 Å². The molecule has 4 nitrogen and oxygen atoms in total. The molecule has 2 heterocycles. The van der Waals surface area contributed by atoms with E-state index < -0.39 is 0 Å². The van der Waals surface area contributed by atoms with E-state index >= 15 is 0 Å². The molecule has 0 aromatic heterocycles. The van der Waals surface area contributed by atoms with Crippen molar-refractivity contribution in [3.05, 3.63) is 0 Å². The standard InChI is InChI=1S/C11H19NO3/c1-7-6-14-11-10(7)5-12(9(3)13)4-8(2)15-11/h7-8,10-11H,4-6H2,1-3H3. The van der Waals surface area contributed by atoms with Gasteiger partial charge in [-0.3, -0.25) is 4.79 Å². The highest BCUT2D eigenvalue weighted by atomic mass is 16.7. The predicted molar refractivity (Wildman–Crippen MR) is 55.2 cm³/mol. The predicted octanol–water partition coefficient (Wildman–Crippen LogP) is 0.862. The van der Waals surface area contributed by atoms with E-state index in [0.29, 0.717) is 18.4 Å². The van der Waals surface area contributed by atoms with E-state index in [1.165, 1.54) is 0 Å². The molecule has 0 aliphatic carbocycles. The zero-order valence-corrected chi connectivity index (χ0v) is 9.60. The molecular weight excluding hydrogens is 194 g/mol. The van der Waals surface area contributed by atoms with Gasteiger partial charge >= 0.3 is 0 Å². The molecule has 0 aromatic carbocycles. The van der Waals surface area contributed by atoms with Crippen LogP contribution in [0.4, 0.5) is 0 Å². The Morgan fingerprint density at radius 3 is 2.73 bits per heavy atom. The van der Waals surface area contributed by atoms with Crippen LogP contribution < -0.4 is 0 Å². The first-order chi connectivity index (χ1) is 7.08. The quantitative estimate of drug-likeness (QED) is 0.599. The van der Waals surface area contributed by atoms with Crippen molar-refractivity contribution in [1.29, 1.82) is 0 Å². The van der Waals surface area contributed by atoms with Crippen molar-refractivity contribution in [2.45, 2.75) is 33.2 Å². The summed E-state index contributed by atoms with van der Waals surface area (Å²) >= 11 is 0. The summed E-state index contributed by atoms with van der Waals surface area (Å²) in [5.41, 5.74) is 0. The Kier molecular flexibility index (Phi) is 2.98. The third kappa shape index (κ3) is 2.16. The molecule has 2 aliphatic rings. The molecule has 4 unspecified atom stereocenters. The highest BCUT2D eigenvalue weighted by Crippen LogP contribution is 2.31. The number of ether oxygens (including phenoxy) is 2. The Bertz CT molecular complexity index is 256. The molecule has 2 rings (SSSR count). The van der Waals surface area contributed by atoms with Crippen molar-refractivity contribution in [1.82, 2.24) is 4.90 Å². The molecule has 2 aliphatic heterocycles. The van der Waals surface area contributed by atoms with E-state index in [-0.39, 0.29) is 18.3 Å². The van der Waals surface area contributed by atoms with Crippen LogP contribution in [0.2, 0.25) is 0 Å². The first kappa shape index (κ1) is 10.9. The Morgan fingerprint density at radius 1 is 1.33 bits per heavy atom. The minimum absolute atomic E-state index is 0.0641. The highest BCUT2D eigenvalue weighted by Gasteiger charge is 2.40. The molecule has 4 atom stereocenters. The van der Waals surface area contributed by atoms with Gasteiger partial charge in [0.25, 0.3) is 0 Å². The van der Waals surface area contributed by atoms with Crippen LogP contribution in [0.1, 0.15) is 20.8 Å². The van der Waals surface area contributed by atoms with E-state index in [2.05, 4.69) is 6.92 Å². The average Bonchev–Trinajstić information content (AvgIpc) is 2.42. The topological polar surface area (TPSA) is 38.8 Å². The lowest BCUT2D eigenvalue weighted by Crippen LogP contribution is -2.37. The van der Waals surface area contributed by atoms with Crippen molar-refractivity contribution in [2.24, 2.45) is 11.8 Å². The fourth-order valence-electron chi connectivity index (χ4n) is 2.34. The van der Waals surface area contributed by atoms with Crippen LogP contribution in [0.5, 0.6) is 0 Å². The molecule has 0 radical (unpaired) electrons. The van der Waals surface area contributed by atoms with Crippen LogP contribution in [0.15, 0.2) is 0 Å². The summed E-state index contributed by atoms with van der Waals surface area (Å²) in [6.07, 6.45) is -0.0476. The van der Waals surface area contributed by atoms with Gasteiger partial charge in [-0.1, -0.05) is 6.92 Å². The van der Waals surface area contributed by atoms with Gasteiger partial charge < -0.3 is 14.4 Å².